The van der Waals surface area contributed by atoms with Gasteiger partial charge in [0.25, 0.3) is 0 Å². The molecule has 3 rings (SSSR count). The maximum absolute atomic E-state index is 5.65. The molecule has 0 aliphatic heterocycles. The van der Waals surface area contributed by atoms with Crippen molar-refractivity contribution in [2.24, 2.45) is 5.92 Å². The van der Waals surface area contributed by atoms with Gasteiger partial charge in [0.2, 0.25) is 0 Å². The van der Waals surface area contributed by atoms with Crippen LogP contribution in [0, 0.1) is 5.92 Å². The van der Waals surface area contributed by atoms with Gasteiger partial charge in [0.05, 0.1) is 13.2 Å². The van der Waals surface area contributed by atoms with Crippen LogP contribution in [0.4, 0.5) is 0 Å². The summed E-state index contributed by atoms with van der Waals surface area (Å²) < 4.78 is 5.65. The van der Waals surface area contributed by atoms with Gasteiger partial charge in [-0.05, 0) is 72.6 Å². The zero-order valence-corrected chi connectivity index (χ0v) is 18.0. The van der Waals surface area contributed by atoms with Crippen LogP contribution in [-0.2, 0) is 11.3 Å². The lowest BCUT2D eigenvalue weighted by atomic mass is 9.78. The Balaban J connectivity index is 1.52. The van der Waals surface area contributed by atoms with E-state index in [-0.39, 0.29) is 0 Å². The molecule has 0 unspecified atom stereocenters. The molecule has 1 nitrogen and oxygen atoms in total. The second kappa shape index (κ2) is 11.8. The van der Waals surface area contributed by atoms with Gasteiger partial charge in [-0.1, -0.05) is 80.1 Å². The summed E-state index contributed by atoms with van der Waals surface area (Å²) in [6.07, 6.45) is 15.4. The first-order valence-corrected chi connectivity index (χ1v) is 11.3. The Morgan fingerprint density at radius 3 is 2.17 bits per heavy atom. The van der Waals surface area contributed by atoms with E-state index in [9.17, 15) is 0 Å². The molecule has 0 radical (unpaired) electrons. The number of ether oxygens (including phenoxy) is 1. The lowest BCUT2D eigenvalue weighted by molar-refractivity contribution is 0.125. The van der Waals surface area contributed by atoms with Gasteiger partial charge in [-0.2, -0.15) is 0 Å². The van der Waals surface area contributed by atoms with E-state index in [2.05, 4.69) is 74.2 Å². The highest BCUT2D eigenvalue weighted by Gasteiger charge is 2.20. The molecule has 1 heteroatoms. The van der Waals surface area contributed by atoms with Gasteiger partial charge in [0.15, 0.2) is 0 Å². The molecule has 0 spiro atoms. The molecule has 2 aromatic carbocycles. The van der Waals surface area contributed by atoms with Crippen LogP contribution in [0.3, 0.4) is 0 Å². The van der Waals surface area contributed by atoms with Crippen molar-refractivity contribution in [2.45, 2.75) is 64.4 Å². The Morgan fingerprint density at radius 1 is 0.897 bits per heavy atom. The van der Waals surface area contributed by atoms with Crippen molar-refractivity contribution in [3.63, 3.8) is 0 Å². The summed E-state index contributed by atoms with van der Waals surface area (Å²) >= 11 is 0. The molecule has 1 aliphatic carbocycles. The van der Waals surface area contributed by atoms with Crippen LogP contribution in [0.1, 0.15) is 68.9 Å². The minimum atomic E-state index is 0.670. The van der Waals surface area contributed by atoms with E-state index < -0.39 is 0 Å². The smallest absolute Gasteiger partial charge is 0.0717 e. The van der Waals surface area contributed by atoms with E-state index >= 15 is 0 Å². The van der Waals surface area contributed by atoms with Crippen molar-refractivity contribution in [3.8, 4) is 11.1 Å². The molecular formula is C28H36O. The predicted octanol–water partition coefficient (Wildman–Crippen LogP) is 8.08. The van der Waals surface area contributed by atoms with Crippen LogP contribution in [-0.4, -0.2) is 6.61 Å². The number of hydrogen-bond acceptors (Lipinski definition) is 1. The molecule has 0 aromatic heterocycles. The zero-order valence-electron chi connectivity index (χ0n) is 18.0. The van der Waals surface area contributed by atoms with Crippen LogP contribution < -0.4 is 0 Å². The number of unbranched alkanes of at least 4 members (excludes halogenated alkanes) is 1. The summed E-state index contributed by atoms with van der Waals surface area (Å²) in [6.45, 7) is 7.38. The molecule has 0 bridgehead atoms. The second-order valence-electron chi connectivity index (χ2n) is 8.28. The van der Waals surface area contributed by atoms with Crippen LogP contribution in [0.2, 0.25) is 0 Å². The standard InChI is InChI=1S/C28H36O/c1-3-5-7-8-23-9-13-25(14-10-23)27-17-19-28(20-18-27)26-15-11-24(12-16-26)22-29-21-6-4-2/h4,7-8,11-12,15-20,23,25H,2-3,5-6,9-10,13-14,21-22H2,1H3. The minimum absolute atomic E-state index is 0.670. The molecule has 154 valence electrons. The van der Waals surface area contributed by atoms with E-state index in [1.807, 2.05) is 6.08 Å². The van der Waals surface area contributed by atoms with Crippen molar-refractivity contribution in [2.75, 3.05) is 6.61 Å². The average Bonchev–Trinajstić information content (AvgIpc) is 2.78. The van der Waals surface area contributed by atoms with E-state index in [4.69, 9.17) is 4.74 Å². The highest BCUT2D eigenvalue weighted by molar-refractivity contribution is 5.64. The normalized spacial score (nSPS) is 19.5. The molecule has 0 N–H and O–H groups in total. The van der Waals surface area contributed by atoms with E-state index in [1.165, 1.54) is 60.8 Å². The first-order chi connectivity index (χ1) is 14.3. The highest BCUT2D eigenvalue weighted by Crippen LogP contribution is 2.37. The third kappa shape index (κ3) is 6.72. The highest BCUT2D eigenvalue weighted by atomic mass is 16.5. The van der Waals surface area contributed by atoms with Gasteiger partial charge in [-0.25, -0.2) is 0 Å². The number of benzene rings is 2. The van der Waals surface area contributed by atoms with Crippen LogP contribution in [0.15, 0.2) is 73.3 Å². The average molecular weight is 389 g/mol. The number of allylic oxidation sites excluding steroid dienone is 2. The molecule has 0 atom stereocenters. The Bertz CT molecular complexity index is 746. The lowest BCUT2D eigenvalue weighted by Crippen LogP contribution is -2.11. The monoisotopic (exact) mass is 388 g/mol. The van der Waals surface area contributed by atoms with Crippen LogP contribution in [0.5, 0.6) is 0 Å². The molecule has 2 aromatic rings. The van der Waals surface area contributed by atoms with Gasteiger partial charge in [-0.15, -0.1) is 6.58 Å². The fraction of sp³-hybridized carbons (Fsp3) is 0.429. The SMILES string of the molecule is C=CCCOCc1ccc(-c2ccc(C3CCC(C=CCCC)CC3)cc2)cc1. The Kier molecular flexibility index (Phi) is 8.77. The zero-order chi connectivity index (χ0) is 20.3. The van der Waals surface area contributed by atoms with E-state index in [0.29, 0.717) is 6.61 Å². The Morgan fingerprint density at radius 2 is 1.55 bits per heavy atom. The minimum Gasteiger partial charge on any atom is -0.376 e. The van der Waals surface area contributed by atoms with Crippen LogP contribution >= 0.6 is 0 Å². The maximum atomic E-state index is 5.65. The third-order valence-electron chi connectivity index (χ3n) is 6.04. The number of hydrogen-bond donors (Lipinski definition) is 0. The van der Waals surface area contributed by atoms with Crippen LogP contribution in [0.25, 0.3) is 11.1 Å². The summed E-state index contributed by atoms with van der Waals surface area (Å²) in [5.41, 5.74) is 5.30. The Hall–Kier alpha value is -2.12. The first-order valence-electron chi connectivity index (χ1n) is 11.3. The predicted molar refractivity (Wildman–Crippen MR) is 125 cm³/mol. The Labute approximate surface area is 177 Å². The summed E-state index contributed by atoms with van der Waals surface area (Å²) in [4.78, 5) is 0. The summed E-state index contributed by atoms with van der Waals surface area (Å²) in [7, 11) is 0. The van der Waals surface area contributed by atoms with Gasteiger partial charge >= 0.3 is 0 Å². The lowest BCUT2D eigenvalue weighted by Gasteiger charge is -2.27. The quantitative estimate of drug-likeness (QED) is 0.295. The van der Waals surface area contributed by atoms with Gasteiger partial charge in [0.1, 0.15) is 0 Å². The van der Waals surface area contributed by atoms with Crippen molar-refractivity contribution in [1.29, 1.82) is 0 Å². The summed E-state index contributed by atoms with van der Waals surface area (Å²) in [5.74, 6) is 1.53. The topological polar surface area (TPSA) is 9.23 Å². The summed E-state index contributed by atoms with van der Waals surface area (Å²) in [5, 5.41) is 0. The first kappa shape index (κ1) is 21.6. The molecule has 1 saturated carbocycles. The van der Waals surface area contributed by atoms with Gasteiger partial charge < -0.3 is 4.74 Å². The van der Waals surface area contributed by atoms with Crippen molar-refractivity contribution in [1.82, 2.24) is 0 Å². The molecule has 0 saturated heterocycles. The van der Waals surface area contributed by atoms with Crippen molar-refractivity contribution < 1.29 is 4.74 Å². The summed E-state index contributed by atoms with van der Waals surface area (Å²) in [6, 6.07) is 18.0. The molecule has 0 amide bonds. The maximum Gasteiger partial charge on any atom is 0.0717 e. The van der Waals surface area contributed by atoms with Gasteiger partial charge in [0, 0.05) is 0 Å². The molecule has 1 aliphatic rings. The van der Waals surface area contributed by atoms with E-state index in [1.54, 1.807) is 0 Å². The van der Waals surface area contributed by atoms with Gasteiger partial charge in [-0.3, -0.25) is 0 Å². The molecule has 29 heavy (non-hydrogen) atoms. The molecule has 0 heterocycles. The largest absolute Gasteiger partial charge is 0.376 e. The van der Waals surface area contributed by atoms with Crippen molar-refractivity contribution >= 4 is 0 Å². The fourth-order valence-corrected chi connectivity index (χ4v) is 4.20. The third-order valence-corrected chi connectivity index (χ3v) is 6.04. The fourth-order valence-electron chi connectivity index (χ4n) is 4.20. The van der Waals surface area contributed by atoms with E-state index in [0.717, 1.165) is 24.9 Å². The number of rotatable bonds is 10. The second-order valence-corrected chi connectivity index (χ2v) is 8.28. The molecular weight excluding hydrogens is 352 g/mol. The van der Waals surface area contributed by atoms with Crippen molar-refractivity contribution in [3.05, 3.63) is 84.5 Å². The molecule has 1 fully saturated rings.